The molecule has 1 amide bonds. The Kier molecular flexibility index (Phi) is 6.09. The van der Waals surface area contributed by atoms with E-state index in [9.17, 15) is 14.4 Å². The zero-order valence-electron chi connectivity index (χ0n) is 16.0. The van der Waals surface area contributed by atoms with Gasteiger partial charge in [-0.3, -0.25) is 14.4 Å². The second-order valence-electron chi connectivity index (χ2n) is 6.64. The van der Waals surface area contributed by atoms with Gasteiger partial charge in [-0.2, -0.15) is 0 Å². The number of hydrogen-bond acceptors (Lipinski definition) is 5. The molecule has 6 nitrogen and oxygen atoms in total. The quantitative estimate of drug-likeness (QED) is 0.544. The van der Waals surface area contributed by atoms with Gasteiger partial charge in [0, 0.05) is 24.2 Å². The number of anilines is 1. The molecule has 3 rings (SSSR count). The molecule has 6 heteroatoms. The summed E-state index contributed by atoms with van der Waals surface area (Å²) in [5, 5.41) is 0. The molecule has 0 unspecified atom stereocenters. The predicted octanol–water partition coefficient (Wildman–Crippen LogP) is 3.25. The summed E-state index contributed by atoms with van der Waals surface area (Å²) >= 11 is 0. The van der Waals surface area contributed by atoms with Crippen molar-refractivity contribution in [2.24, 2.45) is 5.92 Å². The van der Waals surface area contributed by atoms with Gasteiger partial charge in [0.25, 0.3) is 0 Å². The number of amides is 1. The minimum Gasteiger partial charge on any atom is -0.494 e. The Bertz CT molecular complexity index is 847. The summed E-state index contributed by atoms with van der Waals surface area (Å²) < 4.78 is 10.7. The number of hydrogen-bond donors (Lipinski definition) is 0. The van der Waals surface area contributed by atoms with E-state index < -0.39 is 18.0 Å². The first-order valence-electron chi connectivity index (χ1n) is 9.32. The van der Waals surface area contributed by atoms with E-state index in [-0.39, 0.29) is 24.7 Å². The van der Waals surface area contributed by atoms with Crippen LogP contribution < -0.4 is 9.64 Å². The molecule has 1 saturated heterocycles. The zero-order valence-corrected chi connectivity index (χ0v) is 16.0. The zero-order chi connectivity index (χ0) is 20.1. The van der Waals surface area contributed by atoms with Gasteiger partial charge in [-0.05, 0) is 38.1 Å². The third-order valence-electron chi connectivity index (χ3n) is 4.64. The van der Waals surface area contributed by atoms with E-state index in [0.29, 0.717) is 17.9 Å². The molecule has 1 fully saturated rings. The Morgan fingerprint density at radius 2 is 1.79 bits per heavy atom. The van der Waals surface area contributed by atoms with Gasteiger partial charge >= 0.3 is 5.97 Å². The van der Waals surface area contributed by atoms with Gasteiger partial charge < -0.3 is 14.4 Å². The van der Waals surface area contributed by atoms with Gasteiger partial charge in [0.15, 0.2) is 6.10 Å². The Labute approximate surface area is 164 Å². The minimum absolute atomic E-state index is 0.0678. The van der Waals surface area contributed by atoms with Crippen LogP contribution in [0.2, 0.25) is 0 Å². The monoisotopic (exact) mass is 381 g/mol. The Morgan fingerprint density at radius 1 is 1.11 bits per heavy atom. The molecule has 0 spiro atoms. The molecule has 0 saturated carbocycles. The van der Waals surface area contributed by atoms with Crippen LogP contribution >= 0.6 is 0 Å². The molecular formula is C22H23NO5. The molecule has 1 heterocycles. The van der Waals surface area contributed by atoms with Gasteiger partial charge in [0.05, 0.1) is 12.5 Å². The molecule has 2 aromatic rings. The highest BCUT2D eigenvalue weighted by Gasteiger charge is 2.37. The average Bonchev–Trinajstić information content (AvgIpc) is 3.10. The van der Waals surface area contributed by atoms with Crippen molar-refractivity contribution in [2.75, 3.05) is 18.1 Å². The van der Waals surface area contributed by atoms with Crippen LogP contribution in [-0.2, 0) is 14.3 Å². The van der Waals surface area contributed by atoms with Gasteiger partial charge in [0.1, 0.15) is 5.75 Å². The second-order valence-corrected chi connectivity index (χ2v) is 6.64. The summed E-state index contributed by atoms with van der Waals surface area (Å²) in [4.78, 5) is 38.8. The van der Waals surface area contributed by atoms with Gasteiger partial charge in [-0.25, -0.2) is 0 Å². The van der Waals surface area contributed by atoms with Gasteiger partial charge in [0.2, 0.25) is 11.7 Å². The topological polar surface area (TPSA) is 72.9 Å². The fourth-order valence-electron chi connectivity index (χ4n) is 3.17. The summed E-state index contributed by atoms with van der Waals surface area (Å²) in [6.45, 7) is 4.25. The number of Topliss-reactive ketones (excluding diaryl/α,β-unsaturated/α-hetero) is 1. The summed E-state index contributed by atoms with van der Waals surface area (Å²) in [5.74, 6) is -0.805. The van der Waals surface area contributed by atoms with Crippen LogP contribution in [0.3, 0.4) is 0 Å². The minimum atomic E-state index is -0.899. The fourth-order valence-corrected chi connectivity index (χ4v) is 3.17. The van der Waals surface area contributed by atoms with Crippen molar-refractivity contribution in [3.63, 3.8) is 0 Å². The molecule has 0 aliphatic carbocycles. The standard InChI is InChI=1S/C22H23NO5/c1-3-27-19-11-9-18(10-12-19)23-14-17(13-20(23)24)22(26)28-15(2)21(25)16-7-5-4-6-8-16/h4-12,15,17H,3,13-14H2,1-2H3/t15-,17+/m0/s1. The SMILES string of the molecule is CCOc1ccc(N2C[C@H](C(=O)O[C@@H](C)C(=O)c3ccccc3)CC2=O)cc1. The van der Waals surface area contributed by atoms with Crippen molar-refractivity contribution < 1.29 is 23.9 Å². The Morgan fingerprint density at radius 3 is 2.43 bits per heavy atom. The molecule has 0 bridgehead atoms. The first kappa shape index (κ1) is 19.6. The van der Waals surface area contributed by atoms with Crippen LogP contribution in [0.25, 0.3) is 0 Å². The number of rotatable bonds is 7. The molecule has 28 heavy (non-hydrogen) atoms. The van der Waals surface area contributed by atoms with Crippen LogP contribution in [0.15, 0.2) is 54.6 Å². The maximum Gasteiger partial charge on any atom is 0.312 e. The fraction of sp³-hybridized carbons (Fsp3) is 0.318. The van der Waals surface area contributed by atoms with Crippen molar-refractivity contribution in [1.29, 1.82) is 0 Å². The molecule has 0 radical (unpaired) electrons. The van der Waals surface area contributed by atoms with Crippen molar-refractivity contribution in [3.05, 3.63) is 60.2 Å². The predicted molar refractivity (Wildman–Crippen MR) is 104 cm³/mol. The van der Waals surface area contributed by atoms with Crippen LogP contribution in [0.5, 0.6) is 5.75 Å². The van der Waals surface area contributed by atoms with E-state index in [0.717, 1.165) is 5.75 Å². The highest BCUT2D eigenvalue weighted by Crippen LogP contribution is 2.28. The van der Waals surface area contributed by atoms with Gasteiger partial charge in [-0.15, -0.1) is 0 Å². The van der Waals surface area contributed by atoms with Crippen LogP contribution in [-0.4, -0.2) is 36.9 Å². The summed E-state index contributed by atoms with van der Waals surface area (Å²) in [6.07, 6.45) is -0.831. The maximum absolute atomic E-state index is 12.5. The van der Waals surface area contributed by atoms with Crippen molar-refractivity contribution in [2.45, 2.75) is 26.4 Å². The van der Waals surface area contributed by atoms with E-state index in [2.05, 4.69) is 0 Å². The lowest BCUT2D eigenvalue weighted by atomic mass is 10.1. The summed E-state index contributed by atoms with van der Waals surface area (Å²) in [5.41, 5.74) is 1.19. The largest absolute Gasteiger partial charge is 0.494 e. The molecule has 1 aliphatic heterocycles. The Balaban J connectivity index is 1.61. The van der Waals surface area contributed by atoms with Crippen LogP contribution in [0, 0.1) is 5.92 Å². The molecule has 1 aliphatic rings. The smallest absolute Gasteiger partial charge is 0.312 e. The number of ketones is 1. The van der Waals surface area contributed by atoms with E-state index >= 15 is 0 Å². The normalized spacial score (nSPS) is 17.3. The molecule has 2 aromatic carbocycles. The molecular weight excluding hydrogens is 358 g/mol. The number of ether oxygens (including phenoxy) is 2. The van der Waals surface area contributed by atoms with Crippen molar-refractivity contribution in [3.8, 4) is 5.75 Å². The number of carbonyl (C=O) groups excluding carboxylic acids is 3. The van der Waals surface area contributed by atoms with Crippen molar-refractivity contribution in [1.82, 2.24) is 0 Å². The van der Waals surface area contributed by atoms with E-state index in [1.807, 2.05) is 13.0 Å². The Hall–Kier alpha value is -3.15. The number of carbonyl (C=O) groups is 3. The number of nitrogens with zero attached hydrogens (tertiary/aromatic N) is 1. The average molecular weight is 381 g/mol. The van der Waals surface area contributed by atoms with E-state index in [1.165, 1.54) is 0 Å². The maximum atomic E-state index is 12.5. The first-order valence-corrected chi connectivity index (χ1v) is 9.32. The van der Waals surface area contributed by atoms with E-state index in [1.54, 1.807) is 60.4 Å². The number of esters is 1. The lowest BCUT2D eigenvalue weighted by Crippen LogP contribution is -2.30. The molecule has 146 valence electrons. The summed E-state index contributed by atoms with van der Waals surface area (Å²) in [7, 11) is 0. The second kappa shape index (κ2) is 8.69. The first-order chi connectivity index (χ1) is 13.5. The number of benzene rings is 2. The van der Waals surface area contributed by atoms with Crippen molar-refractivity contribution >= 4 is 23.3 Å². The van der Waals surface area contributed by atoms with Crippen LogP contribution in [0.4, 0.5) is 5.69 Å². The van der Waals surface area contributed by atoms with E-state index in [4.69, 9.17) is 9.47 Å². The molecule has 0 N–H and O–H groups in total. The molecule has 0 aromatic heterocycles. The van der Waals surface area contributed by atoms with Gasteiger partial charge in [-0.1, -0.05) is 30.3 Å². The lowest BCUT2D eigenvalue weighted by Gasteiger charge is -2.18. The summed E-state index contributed by atoms with van der Waals surface area (Å²) in [6, 6.07) is 15.8. The third kappa shape index (κ3) is 4.39. The third-order valence-corrected chi connectivity index (χ3v) is 4.64. The van der Waals surface area contributed by atoms with Crippen LogP contribution in [0.1, 0.15) is 30.6 Å². The lowest BCUT2D eigenvalue weighted by molar-refractivity contribution is -0.151. The molecule has 2 atom stereocenters. The highest BCUT2D eigenvalue weighted by molar-refractivity contribution is 6.02. The highest BCUT2D eigenvalue weighted by atomic mass is 16.5.